The van der Waals surface area contributed by atoms with Crippen LogP contribution < -0.4 is 5.32 Å². The minimum Gasteiger partial charge on any atom is -0.480 e. The van der Waals surface area contributed by atoms with Crippen LogP contribution in [0.1, 0.15) is 55.7 Å². The number of carboxylic acids is 1. The number of hydrogen-bond donors (Lipinski definition) is 2. The van der Waals surface area contributed by atoms with Crippen LogP contribution in [0.15, 0.2) is 36.4 Å². The van der Waals surface area contributed by atoms with Crippen molar-refractivity contribution in [1.82, 2.24) is 9.80 Å². The molecular formula is C26H32Cl3N3O2. The highest BCUT2D eigenvalue weighted by molar-refractivity contribution is 6.35. The maximum Gasteiger partial charge on any atom is 0.317 e. The SMILES string of the molecule is CC(Nc1cc(C2CCN(C3CCCN(CC(=O)O)C3)CC2)ccc1Cl)c1ccc(Cl)cc1Cl. The first-order chi connectivity index (χ1) is 16.3. The molecule has 2 aliphatic rings. The Morgan fingerprint density at radius 1 is 1.06 bits per heavy atom. The first-order valence-corrected chi connectivity index (χ1v) is 13.1. The van der Waals surface area contributed by atoms with E-state index < -0.39 is 5.97 Å². The molecule has 2 atom stereocenters. The van der Waals surface area contributed by atoms with Gasteiger partial charge in [0.15, 0.2) is 0 Å². The first-order valence-electron chi connectivity index (χ1n) is 12.0. The number of rotatable bonds is 7. The quantitative estimate of drug-likeness (QED) is 0.430. The molecule has 0 saturated carbocycles. The number of halogens is 3. The van der Waals surface area contributed by atoms with Crippen molar-refractivity contribution in [2.75, 3.05) is 38.0 Å². The highest BCUT2D eigenvalue weighted by Crippen LogP contribution is 2.36. The minimum atomic E-state index is -0.737. The van der Waals surface area contributed by atoms with E-state index in [-0.39, 0.29) is 12.6 Å². The number of carboxylic acid groups (broad SMARTS) is 1. The number of nitrogens with zero attached hydrogens (tertiary/aromatic N) is 2. The molecule has 2 aromatic carbocycles. The summed E-state index contributed by atoms with van der Waals surface area (Å²) in [5.74, 6) is -0.249. The molecule has 2 saturated heterocycles. The number of anilines is 1. The Labute approximate surface area is 217 Å². The summed E-state index contributed by atoms with van der Waals surface area (Å²) < 4.78 is 0. The van der Waals surface area contributed by atoms with Crippen molar-refractivity contribution in [3.05, 3.63) is 62.6 Å². The van der Waals surface area contributed by atoms with Gasteiger partial charge in [0, 0.05) is 22.6 Å². The van der Waals surface area contributed by atoms with E-state index in [1.807, 2.05) is 18.2 Å². The minimum absolute atomic E-state index is 0.0144. The Bertz CT molecular complexity index is 1010. The average Bonchev–Trinajstić information content (AvgIpc) is 2.80. The number of nitrogens with one attached hydrogen (secondary N) is 1. The van der Waals surface area contributed by atoms with E-state index in [1.165, 1.54) is 5.56 Å². The van der Waals surface area contributed by atoms with Gasteiger partial charge in [-0.3, -0.25) is 14.6 Å². The van der Waals surface area contributed by atoms with Crippen molar-refractivity contribution in [3.63, 3.8) is 0 Å². The summed E-state index contributed by atoms with van der Waals surface area (Å²) in [5, 5.41) is 14.6. The lowest BCUT2D eigenvalue weighted by molar-refractivity contribution is -0.138. The predicted octanol–water partition coefficient (Wildman–Crippen LogP) is 6.55. The standard InChI is InChI=1S/C26H32Cl3N3O2/c1-17(22-6-5-20(27)14-24(22)29)30-25-13-19(4-7-23(25)28)18-8-11-32(12-9-18)21-3-2-10-31(15-21)16-26(33)34/h4-7,13-14,17-18,21,30H,2-3,8-12,15-16H2,1H3,(H,33,34). The number of benzene rings is 2. The zero-order valence-electron chi connectivity index (χ0n) is 19.4. The van der Waals surface area contributed by atoms with Crippen LogP contribution in [0.2, 0.25) is 15.1 Å². The summed E-state index contributed by atoms with van der Waals surface area (Å²) in [6, 6.07) is 12.3. The van der Waals surface area contributed by atoms with Gasteiger partial charge in [-0.2, -0.15) is 0 Å². The summed E-state index contributed by atoms with van der Waals surface area (Å²) >= 11 is 19.0. The Morgan fingerprint density at radius 3 is 2.53 bits per heavy atom. The summed E-state index contributed by atoms with van der Waals surface area (Å²) in [4.78, 5) is 15.7. The summed E-state index contributed by atoms with van der Waals surface area (Å²) in [6.45, 7) is 6.04. The van der Waals surface area contributed by atoms with Gasteiger partial charge >= 0.3 is 5.97 Å². The van der Waals surface area contributed by atoms with E-state index >= 15 is 0 Å². The molecule has 0 amide bonds. The Morgan fingerprint density at radius 2 is 1.82 bits per heavy atom. The van der Waals surface area contributed by atoms with E-state index in [2.05, 4.69) is 34.2 Å². The molecule has 0 radical (unpaired) electrons. The molecule has 2 heterocycles. The fourth-order valence-electron chi connectivity index (χ4n) is 5.33. The number of likely N-dealkylation sites (tertiary alicyclic amines) is 2. The molecule has 0 aromatic heterocycles. The Kier molecular flexibility index (Phi) is 8.65. The topological polar surface area (TPSA) is 55.8 Å². The third kappa shape index (κ3) is 6.38. The van der Waals surface area contributed by atoms with Crippen molar-refractivity contribution in [2.45, 2.75) is 50.6 Å². The molecule has 4 rings (SSSR count). The molecular weight excluding hydrogens is 493 g/mol. The largest absolute Gasteiger partial charge is 0.480 e. The second kappa shape index (κ2) is 11.5. The van der Waals surface area contributed by atoms with Crippen molar-refractivity contribution in [3.8, 4) is 0 Å². The van der Waals surface area contributed by atoms with Crippen LogP contribution in [0.3, 0.4) is 0 Å². The average molecular weight is 525 g/mol. The van der Waals surface area contributed by atoms with Crippen LogP contribution in [0.4, 0.5) is 5.69 Å². The van der Waals surface area contributed by atoms with Gasteiger partial charge in [-0.25, -0.2) is 0 Å². The lowest BCUT2D eigenvalue weighted by Crippen LogP contribution is -2.51. The zero-order chi connectivity index (χ0) is 24.2. The van der Waals surface area contributed by atoms with Gasteiger partial charge in [-0.15, -0.1) is 0 Å². The monoisotopic (exact) mass is 523 g/mol. The molecule has 5 nitrogen and oxygen atoms in total. The van der Waals surface area contributed by atoms with Crippen molar-refractivity contribution < 1.29 is 9.90 Å². The summed E-state index contributed by atoms with van der Waals surface area (Å²) in [5.41, 5.74) is 3.19. The van der Waals surface area contributed by atoms with Crippen molar-refractivity contribution in [2.24, 2.45) is 0 Å². The van der Waals surface area contributed by atoms with Crippen molar-refractivity contribution in [1.29, 1.82) is 0 Å². The lowest BCUT2D eigenvalue weighted by atomic mass is 9.88. The molecule has 2 fully saturated rings. The van der Waals surface area contributed by atoms with Crippen LogP contribution in [-0.2, 0) is 4.79 Å². The smallest absolute Gasteiger partial charge is 0.317 e. The van der Waals surface area contributed by atoms with E-state index in [9.17, 15) is 4.79 Å². The Balaban J connectivity index is 1.37. The van der Waals surface area contributed by atoms with Crippen LogP contribution in [0, 0.1) is 0 Å². The maximum atomic E-state index is 11.1. The van der Waals surface area contributed by atoms with Crippen LogP contribution in [0.25, 0.3) is 0 Å². The van der Waals surface area contributed by atoms with Gasteiger partial charge in [0.05, 0.1) is 23.3 Å². The Hall–Kier alpha value is -1.50. The highest BCUT2D eigenvalue weighted by atomic mass is 35.5. The first kappa shape index (κ1) is 25.6. The molecule has 2 aromatic rings. The fraction of sp³-hybridized carbons (Fsp3) is 0.500. The normalized spacial score (nSPS) is 21.4. The summed E-state index contributed by atoms with van der Waals surface area (Å²) in [7, 11) is 0. The van der Waals surface area contributed by atoms with Crippen molar-refractivity contribution >= 4 is 46.5 Å². The molecule has 0 bridgehead atoms. The van der Waals surface area contributed by atoms with Crippen LogP contribution in [-0.4, -0.2) is 59.6 Å². The van der Waals surface area contributed by atoms with E-state index in [4.69, 9.17) is 39.9 Å². The molecule has 184 valence electrons. The lowest BCUT2D eigenvalue weighted by Gasteiger charge is -2.42. The molecule has 34 heavy (non-hydrogen) atoms. The van der Waals surface area contributed by atoms with Gasteiger partial charge < -0.3 is 10.4 Å². The predicted molar refractivity (Wildman–Crippen MR) is 141 cm³/mol. The molecule has 0 spiro atoms. The van der Waals surface area contributed by atoms with Gasteiger partial charge in [-0.1, -0.05) is 46.9 Å². The van der Waals surface area contributed by atoms with E-state index in [0.717, 1.165) is 63.1 Å². The van der Waals surface area contributed by atoms with Crippen LogP contribution >= 0.6 is 34.8 Å². The number of aliphatic carboxylic acids is 1. The van der Waals surface area contributed by atoms with Gasteiger partial charge in [0.2, 0.25) is 0 Å². The van der Waals surface area contributed by atoms with Gasteiger partial charge in [-0.05, 0) is 93.6 Å². The molecule has 2 aliphatic heterocycles. The number of carbonyl (C=O) groups is 1. The van der Waals surface area contributed by atoms with E-state index in [1.54, 1.807) is 6.07 Å². The maximum absolute atomic E-state index is 11.1. The molecule has 0 aliphatic carbocycles. The molecule has 8 heteroatoms. The third-order valence-electron chi connectivity index (χ3n) is 7.15. The van der Waals surface area contributed by atoms with Crippen LogP contribution in [0.5, 0.6) is 0 Å². The third-order valence-corrected chi connectivity index (χ3v) is 8.04. The second-order valence-corrected chi connectivity index (χ2v) is 10.8. The second-order valence-electron chi connectivity index (χ2n) is 9.51. The highest BCUT2D eigenvalue weighted by Gasteiger charge is 2.30. The van der Waals surface area contributed by atoms with Gasteiger partial charge in [0.1, 0.15) is 0 Å². The zero-order valence-corrected chi connectivity index (χ0v) is 21.7. The fourth-order valence-corrected chi connectivity index (χ4v) is 6.08. The van der Waals surface area contributed by atoms with Gasteiger partial charge in [0.25, 0.3) is 0 Å². The van der Waals surface area contributed by atoms with E-state index in [0.29, 0.717) is 27.0 Å². The summed E-state index contributed by atoms with van der Waals surface area (Å²) in [6.07, 6.45) is 4.41. The molecule has 2 N–H and O–H groups in total. The number of hydrogen-bond acceptors (Lipinski definition) is 4. The number of piperidine rings is 2. The molecule has 2 unspecified atom stereocenters.